The van der Waals surface area contributed by atoms with Gasteiger partial charge in [0.05, 0.1) is 0 Å². The van der Waals surface area contributed by atoms with Crippen LogP contribution in [0, 0.1) is 0 Å². The van der Waals surface area contributed by atoms with E-state index in [2.05, 4.69) is 23.7 Å². The number of fused-ring (bicyclic) bond motifs is 1. The van der Waals surface area contributed by atoms with E-state index in [9.17, 15) is 4.79 Å². The van der Waals surface area contributed by atoms with Crippen LogP contribution in [0.3, 0.4) is 0 Å². The summed E-state index contributed by atoms with van der Waals surface area (Å²) in [6.07, 6.45) is 0. The number of nitrogens with two attached hydrogens (primary N) is 1. The Morgan fingerprint density at radius 1 is 1.40 bits per heavy atom. The molecule has 106 valence electrons. The average molecular weight is 312 g/mol. The minimum absolute atomic E-state index is 0.289. The number of primary amides is 1. The van der Waals surface area contributed by atoms with Gasteiger partial charge in [0.15, 0.2) is 0 Å². The van der Waals surface area contributed by atoms with Crippen LogP contribution in [-0.2, 0) is 0 Å². The molecule has 0 spiro atoms. The van der Waals surface area contributed by atoms with Crippen LogP contribution in [0.4, 0.5) is 4.79 Å². The second-order valence-corrected chi connectivity index (χ2v) is 4.24. The number of carbonyl (C=O) groups is 1. The number of carbonyl (C=O) groups excluding carboxylic acids is 1. The summed E-state index contributed by atoms with van der Waals surface area (Å²) in [5.41, 5.74) is 4.49. The van der Waals surface area contributed by atoms with Gasteiger partial charge in [-0.1, -0.05) is 12.6 Å². The van der Waals surface area contributed by atoms with Crippen molar-refractivity contribution >= 4 is 46.2 Å². The van der Waals surface area contributed by atoms with Gasteiger partial charge in [-0.3, -0.25) is 4.79 Å². The smallest absolute Gasteiger partial charge is 0.336 e. The molecule has 2 rings (SSSR count). The molecular formula is C12H12N2O4S2. The number of ether oxygens (including phenoxy) is 1. The summed E-state index contributed by atoms with van der Waals surface area (Å²) in [4.78, 5) is 20.1. The summed E-state index contributed by atoms with van der Waals surface area (Å²) in [5, 5.41) is 3.14. The van der Waals surface area contributed by atoms with Gasteiger partial charge < -0.3 is 20.2 Å². The number of hydrogen-bond acceptors (Lipinski definition) is 5. The molecule has 0 aliphatic carbocycles. The molecule has 0 aliphatic rings. The summed E-state index contributed by atoms with van der Waals surface area (Å²) in [6.45, 7) is 0. The molecule has 0 saturated carbocycles. The van der Waals surface area contributed by atoms with Crippen molar-refractivity contribution in [2.24, 2.45) is 5.73 Å². The fourth-order valence-electron chi connectivity index (χ4n) is 1.27. The lowest BCUT2D eigenvalue weighted by atomic mass is 10.2. The van der Waals surface area contributed by atoms with Crippen LogP contribution in [0.2, 0.25) is 0 Å². The zero-order valence-electron chi connectivity index (χ0n) is 10.5. The van der Waals surface area contributed by atoms with Gasteiger partial charge in [-0.15, -0.1) is 0 Å². The molecule has 1 aromatic heterocycles. The molecule has 0 aliphatic heterocycles. The Labute approximate surface area is 125 Å². The standard InChI is InChI=1S/C11H9NO3S.CH3NOS/c1-12-11(16)14-8-3-4-9-7(6-8)2-5-10(13)15-9;2-1(3)4/h2-6H,1H3,(H,12,16);(H3,2,3,4). The largest absolute Gasteiger partial charge is 0.432 e. The third-order valence-corrected chi connectivity index (χ3v) is 2.29. The molecule has 0 bridgehead atoms. The third kappa shape index (κ3) is 5.29. The van der Waals surface area contributed by atoms with Crippen molar-refractivity contribution in [2.75, 3.05) is 7.05 Å². The monoisotopic (exact) mass is 312 g/mol. The van der Waals surface area contributed by atoms with E-state index in [0.29, 0.717) is 11.3 Å². The first-order valence-electron chi connectivity index (χ1n) is 5.34. The number of thiocarbonyl (C=S) groups is 1. The maximum Gasteiger partial charge on any atom is 0.336 e. The Morgan fingerprint density at radius 3 is 2.65 bits per heavy atom. The fourth-order valence-corrected chi connectivity index (χ4v) is 1.37. The third-order valence-electron chi connectivity index (χ3n) is 2.01. The quantitative estimate of drug-likeness (QED) is 0.421. The lowest BCUT2D eigenvalue weighted by Crippen LogP contribution is -2.21. The lowest BCUT2D eigenvalue weighted by Gasteiger charge is -2.06. The summed E-state index contributed by atoms with van der Waals surface area (Å²) < 4.78 is 10.3. The summed E-state index contributed by atoms with van der Waals surface area (Å²) in [7, 11) is 1.68. The Morgan fingerprint density at radius 2 is 2.05 bits per heavy atom. The van der Waals surface area contributed by atoms with Crippen molar-refractivity contribution in [3.63, 3.8) is 0 Å². The van der Waals surface area contributed by atoms with Crippen LogP contribution in [0.15, 0.2) is 39.5 Å². The summed E-state index contributed by atoms with van der Waals surface area (Å²) >= 11 is 7.98. The van der Waals surface area contributed by atoms with E-state index in [-0.39, 0.29) is 10.8 Å². The Kier molecular flexibility index (Phi) is 6.01. The van der Waals surface area contributed by atoms with Crippen molar-refractivity contribution < 1.29 is 13.9 Å². The maximum absolute atomic E-state index is 11.0. The van der Waals surface area contributed by atoms with E-state index in [1.54, 1.807) is 31.3 Å². The van der Waals surface area contributed by atoms with E-state index in [4.69, 9.17) is 26.2 Å². The Hall–Kier alpha value is -2.06. The van der Waals surface area contributed by atoms with Gasteiger partial charge >= 0.3 is 5.63 Å². The molecule has 0 fully saturated rings. The molecule has 0 atom stereocenters. The first-order valence-corrected chi connectivity index (χ1v) is 6.20. The zero-order chi connectivity index (χ0) is 15.1. The van der Waals surface area contributed by atoms with Crippen LogP contribution < -0.4 is 21.4 Å². The van der Waals surface area contributed by atoms with E-state index < -0.39 is 5.24 Å². The van der Waals surface area contributed by atoms with Crippen LogP contribution in [0.25, 0.3) is 11.0 Å². The molecule has 3 N–H and O–H groups in total. The van der Waals surface area contributed by atoms with Gasteiger partial charge in [-0.2, -0.15) is 0 Å². The summed E-state index contributed by atoms with van der Waals surface area (Å²) in [5.74, 6) is 0.598. The molecule has 2 aromatic rings. The van der Waals surface area contributed by atoms with Crippen LogP contribution in [0.5, 0.6) is 5.75 Å². The van der Waals surface area contributed by atoms with Gasteiger partial charge in [-0.25, -0.2) is 4.79 Å². The Bertz CT molecular complexity index is 680. The first-order chi connectivity index (χ1) is 9.42. The average Bonchev–Trinajstić information content (AvgIpc) is 2.38. The molecule has 20 heavy (non-hydrogen) atoms. The van der Waals surface area contributed by atoms with Crippen molar-refractivity contribution in [1.82, 2.24) is 5.32 Å². The highest BCUT2D eigenvalue weighted by atomic mass is 32.1. The van der Waals surface area contributed by atoms with E-state index in [1.165, 1.54) is 6.07 Å². The van der Waals surface area contributed by atoms with E-state index in [0.717, 1.165) is 5.39 Å². The summed E-state index contributed by atoms with van der Waals surface area (Å²) in [6, 6.07) is 8.15. The molecule has 1 heterocycles. The van der Waals surface area contributed by atoms with Gasteiger partial charge in [0.25, 0.3) is 10.4 Å². The number of benzene rings is 1. The van der Waals surface area contributed by atoms with Crippen molar-refractivity contribution in [3.05, 3.63) is 40.8 Å². The maximum atomic E-state index is 11.0. The molecule has 0 unspecified atom stereocenters. The predicted molar refractivity (Wildman–Crippen MR) is 83.3 cm³/mol. The van der Waals surface area contributed by atoms with E-state index >= 15 is 0 Å². The number of nitrogens with one attached hydrogen (secondary N) is 1. The molecule has 8 heteroatoms. The highest BCUT2D eigenvalue weighted by Crippen LogP contribution is 2.19. The van der Waals surface area contributed by atoms with Crippen LogP contribution in [0.1, 0.15) is 0 Å². The highest BCUT2D eigenvalue weighted by Gasteiger charge is 2.01. The van der Waals surface area contributed by atoms with Gasteiger partial charge in [0.2, 0.25) is 0 Å². The van der Waals surface area contributed by atoms with Crippen LogP contribution in [-0.4, -0.2) is 17.5 Å². The molecule has 6 nitrogen and oxygen atoms in total. The number of amides is 1. The van der Waals surface area contributed by atoms with Crippen molar-refractivity contribution in [1.29, 1.82) is 0 Å². The van der Waals surface area contributed by atoms with Gasteiger partial charge in [0, 0.05) is 18.5 Å². The first kappa shape index (κ1) is 16.0. The fraction of sp³-hybridized carbons (Fsp3) is 0.0833. The number of thiol groups is 1. The Balaban J connectivity index is 0.000000444. The van der Waals surface area contributed by atoms with Crippen molar-refractivity contribution in [2.45, 2.75) is 0 Å². The van der Waals surface area contributed by atoms with E-state index in [1.807, 2.05) is 0 Å². The topological polar surface area (TPSA) is 94.6 Å². The van der Waals surface area contributed by atoms with Crippen LogP contribution >= 0.6 is 24.8 Å². The van der Waals surface area contributed by atoms with Crippen molar-refractivity contribution in [3.8, 4) is 5.75 Å². The zero-order valence-corrected chi connectivity index (χ0v) is 12.2. The van der Waals surface area contributed by atoms with Gasteiger partial charge in [-0.05, 0) is 36.5 Å². The molecular weight excluding hydrogens is 300 g/mol. The number of hydrogen-bond donors (Lipinski definition) is 3. The molecule has 0 radical (unpaired) electrons. The molecule has 0 saturated heterocycles. The minimum atomic E-state index is -0.639. The SMILES string of the molecule is CNC(=S)Oc1ccc2oc(=O)ccc2c1.NC(=O)S. The minimum Gasteiger partial charge on any atom is -0.432 e. The van der Waals surface area contributed by atoms with Gasteiger partial charge in [0.1, 0.15) is 11.3 Å². The second kappa shape index (κ2) is 7.51. The number of rotatable bonds is 1. The molecule has 1 amide bonds. The second-order valence-electron chi connectivity index (χ2n) is 3.43. The lowest BCUT2D eigenvalue weighted by molar-refractivity contribution is 0.267. The normalized spacial score (nSPS) is 9.30. The highest BCUT2D eigenvalue weighted by molar-refractivity contribution is 7.96. The predicted octanol–water partition coefficient (Wildman–Crippen LogP) is 1.67. The molecule has 1 aromatic carbocycles.